The Labute approximate surface area is 92.8 Å². The van der Waals surface area contributed by atoms with Gasteiger partial charge >= 0.3 is 12.3 Å². The Hall–Kier alpha value is -1.98. The van der Waals surface area contributed by atoms with Gasteiger partial charge in [0, 0.05) is 12.8 Å². The number of hydrogen-bond donors (Lipinski definition) is 2. The molecule has 0 aliphatic carbocycles. The average molecular weight is 230 g/mol. The lowest BCUT2D eigenvalue weighted by atomic mass is 10.1. The molecular weight excluding hydrogens is 216 g/mol. The molecule has 0 amide bonds. The predicted molar refractivity (Wildman–Crippen MR) is 55.0 cm³/mol. The highest BCUT2D eigenvalue weighted by molar-refractivity contribution is 5.58. The van der Waals surface area contributed by atoms with Crippen LogP contribution in [0.2, 0.25) is 0 Å². The Morgan fingerprint density at radius 3 is 1.44 bits per heavy atom. The Morgan fingerprint density at radius 2 is 1.19 bits per heavy atom. The van der Waals surface area contributed by atoms with Gasteiger partial charge in [-0.05, 0) is 12.8 Å². The molecule has 0 saturated heterocycles. The fourth-order valence-electron chi connectivity index (χ4n) is 0.993. The summed E-state index contributed by atoms with van der Waals surface area (Å²) >= 11 is 0. The molecule has 0 aromatic heterocycles. The summed E-state index contributed by atoms with van der Waals surface area (Å²) < 4.78 is 8.59. The molecule has 0 aromatic rings. The number of carbonyl (C=O) groups is 2. The van der Waals surface area contributed by atoms with Crippen molar-refractivity contribution in [3.8, 4) is 0 Å². The molecule has 0 aliphatic heterocycles. The van der Waals surface area contributed by atoms with Crippen molar-refractivity contribution >= 4 is 12.3 Å². The van der Waals surface area contributed by atoms with Gasteiger partial charge in [-0.1, -0.05) is 13.2 Å². The molecule has 0 rings (SSSR count). The van der Waals surface area contributed by atoms with E-state index in [4.69, 9.17) is 10.2 Å². The van der Waals surface area contributed by atoms with E-state index in [0.29, 0.717) is 25.7 Å². The van der Waals surface area contributed by atoms with Crippen molar-refractivity contribution in [3.05, 3.63) is 24.7 Å². The summed E-state index contributed by atoms with van der Waals surface area (Å²) in [6, 6.07) is 0. The van der Waals surface area contributed by atoms with Crippen LogP contribution < -0.4 is 0 Å². The van der Waals surface area contributed by atoms with Crippen molar-refractivity contribution < 1.29 is 29.3 Å². The average Bonchev–Trinajstić information content (AvgIpc) is 2.10. The lowest BCUT2D eigenvalue weighted by Crippen LogP contribution is -2.00. The molecule has 90 valence electrons. The third-order valence-electron chi connectivity index (χ3n) is 1.62. The van der Waals surface area contributed by atoms with E-state index >= 15 is 0 Å². The van der Waals surface area contributed by atoms with Crippen LogP contribution in [0.4, 0.5) is 9.59 Å². The van der Waals surface area contributed by atoms with Gasteiger partial charge in [-0.25, -0.2) is 9.59 Å². The standard InChI is InChI=1S/C10H14O6/c1-7(15-9(11)12)5-3-4-6-8(2)16-10(13)14/h1-6H2,(H,11,12)(H,13,14). The van der Waals surface area contributed by atoms with Gasteiger partial charge in [-0.3, -0.25) is 0 Å². The Balaban J connectivity index is 3.53. The molecule has 0 bridgehead atoms. The van der Waals surface area contributed by atoms with Crippen LogP contribution in [-0.2, 0) is 9.47 Å². The van der Waals surface area contributed by atoms with Crippen molar-refractivity contribution in [1.29, 1.82) is 0 Å². The largest absolute Gasteiger partial charge is 0.510 e. The molecule has 0 unspecified atom stereocenters. The van der Waals surface area contributed by atoms with Crippen LogP contribution in [0.5, 0.6) is 0 Å². The van der Waals surface area contributed by atoms with E-state index in [1.807, 2.05) is 0 Å². The highest BCUT2D eigenvalue weighted by Gasteiger charge is 2.04. The zero-order chi connectivity index (χ0) is 12.6. The SMILES string of the molecule is C=C(CCCCC(=C)OC(=O)O)OC(=O)O. The van der Waals surface area contributed by atoms with Gasteiger partial charge in [0.25, 0.3) is 0 Å². The summed E-state index contributed by atoms with van der Waals surface area (Å²) in [5.74, 6) is 0.328. The lowest BCUT2D eigenvalue weighted by Gasteiger charge is -2.05. The van der Waals surface area contributed by atoms with Crippen LogP contribution >= 0.6 is 0 Å². The predicted octanol–water partition coefficient (Wildman–Crippen LogP) is 2.96. The first kappa shape index (κ1) is 14.0. The quantitative estimate of drug-likeness (QED) is 0.396. The number of unbranched alkanes of at least 4 members (excludes halogenated alkanes) is 1. The van der Waals surface area contributed by atoms with Crippen LogP contribution in [0.1, 0.15) is 25.7 Å². The van der Waals surface area contributed by atoms with Gasteiger partial charge in [-0.2, -0.15) is 0 Å². The fourth-order valence-corrected chi connectivity index (χ4v) is 0.993. The van der Waals surface area contributed by atoms with Crippen LogP contribution in [0.3, 0.4) is 0 Å². The van der Waals surface area contributed by atoms with E-state index in [0.717, 1.165) is 0 Å². The van der Waals surface area contributed by atoms with Gasteiger partial charge in [0.05, 0.1) is 0 Å². The summed E-state index contributed by atoms with van der Waals surface area (Å²) in [6.45, 7) is 6.82. The first-order chi connectivity index (χ1) is 7.41. The van der Waals surface area contributed by atoms with E-state index in [9.17, 15) is 9.59 Å². The summed E-state index contributed by atoms with van der Waals surface area (Å²) in [5.41, 5.74) is 0. The molecule has 0 atom stereocenters. The fraction of sp³-hybridized carbons (Fsp3) is 0.400. The van der Waals surface area contributed by atoms with Crippen molar-refractivity contribution in [2.24, 2.45) is 0 Å². The second-order valence-corrected chi connectivity index (χ2v) is 3.02. The maximum atomic E-state index is 10.1. The van der Waals surface area contributed by atoms with Crippen LogP contribution in [-0.4, -0.2) is 22.5 Å². The highest BCUT2D eigenvalue weighted by Crippen LogP contribution is 2.12. The topological polar surface area (TPSA) is 93.1 Å². The van der Waals surface area contributed by atoms with Crippen LogP contribution in [0.25, 0.3) is 0 Å². The Bertz CT molecular complexity index is 264. The summed E-state index contributed by atoms with van der Waals surface area (Å²) in [4.78, 5) is 20.2. The maximum absolute atomic E-state index is 10.1. The summed E-state index contributed by atoms with van der Waals surface area (Å²) in [5, 5.41) is 16.5. The smallest absolute Gasteiger partial charge is 0.449 e. The number of ether oxygens (including phenoxy) is 2. The third-order valence-corrected chi connectivity index (χ3v) is 1.62. The molecule has 0 spiro atoms. The monoisotopic (exact) mass is 230 g/mol. The Kier molecular flexibility index (Phi) is 6.42. The molecule has 0 aliphatic rings. The lowest BCUT2D eigenvalue weighted by molar-refractivity contribution is 0.113. The second kappa shape index (κ2) is 7.33. The van der Waals surface area contributed by atoms with Gasteiger partial charge in [0.2, 0.25) is 0 Å². The number of hydrogen-bond acceptors (Lipinski definition) is 4. The molecule has 0 saturated carbocycles. The molecule has 6 nitrogen and oxygen atoms in total. The Morgan fingerprint density at radius 1 is 0.875 bits per heavy atom. The second-order valence-electron chi connectivity index (χ2n) is 3.02. The van der Waals surface area contributed by atoms with Crippen molar-refractivity contribution in [2.75, 3.05) is 0 Å². The van der Waals surface area contributed by atoms with Crippen molar-refractivity contribution in [2.45, 2.75) is 25.7 Å². The number of allylic oxidation sites excluding steroid dienone is 2. The normalized spacial score (nSPS) is 9.25. The zero-order valence-corrected chi connectivity index (χ0v) is 8.77. The van der Waals surface area contributed by atoms with Gasteiger partial charge in [0.15, 0.2) is 0 Å². The summed E-state index contributed by atoms with van der Waals surface area (Å²) in [6.07, 6.45) is -0.742. The van der Waals surface area contributed by atoms with Gasteiger partial charge in [0.1, 0.15) is 11.5 Å². The molecule has 6 heteroatoms. The van der Waals surface area contributed by atoms with Crippen LogP contribution in [0.15, 0.2) is 24.7 Å². The van der Waals surface area contributed by atoms with Gasteiger partial charge < -0.3 is 19.7 Å². The van der Waals surface area contributed by atoms with Gasteiger partial charge in [-0.15, -0.1) is 0 Å². The molecule has 0 aromatic carbocycles. The first-order valence-electron chi connectivity index (χ1n) is 4.59. The molecule has 2 N–H and O–H groups in total. The minimum absolute atomic E-state index is 0.164. The molecular formula is C10H14O6. The van der Waals surface area contributed by atoms with E-state index in [2.05, 4.69) is 22.6 Å². The summed E-state index contributed by atoms with van der Waals surface area (Å²) in [7, 11) is 0. The minimum atomic E-state index is -1.39. The molecule has 0 fully saturated rings. The third kappa shape index (κ3) is 8.61. The van der Waals surface area contributed by atoms with Crippen molar-refractivity contribution in [3.63, 3.8) is 0 Å². The minimum Gasteiger partial charge on any atom is -0.449 e. The van der Waals surface area contributed by atoms with Crippen LogP contribution in [0, 0.1) is 0 Å². The number of rotatable bonds is 7. The molecule has 0 heterocycles. The van der Waals surface area contributed by atoms with E-state index < -0.39 is 12.3 Å². The molecule has 0 radical (unpaired) electrons. The van der Waals surface area contributed by atoms with Crippen molar-refractivity contribution in [1.82, 2.24) is 0 Å². The zero-order valence-electron chi connectivity index (χ0n) is 8.77. The van der Waals surface area contributed by atoms with E-state index in [1.165, 1.54) is 0 Å². The number of carboxylic acid groups (broad SMARTS) is 2. The molecule has 16 heavy (non-hydrogen) atoms. The first-order valence-corrected chi connectivity index (χ1v) is 4.59. The van der Waals surface area contributed by atoms with E-state index in [1.54, 1.807) is 0 Å². The maximum Gasteiger partial charge on any atom is 0.510 e. The van der Waals surface area contributed by atoms with E-state index in [-0.39, 0.29) is 11.5 Å². The highest BCUT2D eigenvalue weighted by atomic mass is 16.7.